The minimum Gasteiger partial charge on any atom is -0.454 e. The number of furan rings is 1. The molecular formula is C14H11FN2O. The van der Waals surface area contributed by atoms with Gasteiger partial charge in [-0.15, -0.1) is 0 Å². The summed E-state index contributed by atoms with van der Waals surface area (Å²) in [5.74, 6) is 0.361. The van der Waals surface area contributed by atoms with Crippen molar-refractivity contribution in [2.24, 2.45) is 0 Å². The van der Waals surface area contributed by atoms with Crippen LogP contribution in [-0.4, -0.2) is 12.0 Å². The van der Waals surface area contributed by atoms with E-state index in [1.54, 1.807) is 18.3 Å². The molecule has 0 bridgehead atoms. The molecule has 0 aliphatic carbocycles. The summed E-state index contributed by atoms with van der Waals surface area (Å²) in [6.07, 6.45) is 1.70. The summed E-state index contributed by atoms with van der Waals surface area (Å²) in [7, 11) is 1.84. The van der Waals surface area contributed by atoms with Gasteiger partial charge in [0.1, 0.15) is 17.1 Å². The van der Waals surface area contributed by atoms with Crippen molar-refractivity contribution in [2.75, 3.05) is 12.4 Å². The number of fused-ring (bicyclic) bond motifs is 1. The molecule has 3 nitrogen and oxygen atoms in total. The number of anilines is 1. The lowest BCUT2D eigenvalue weighted by atomic mass is 10.2. The first kappa shape index (κ1) is 10.8. The molecule has 90 valence electrons. The topological polar surface area (TPSA) is 38.1 Å². The van der Waals surface area contributed by atoms with Crippen LogP contribution >= 0.6 is 0 Å². The van der Waals surface area contributed by atoms with Crippen LogP contribution in [0, 0.1) is 5.82 Å². The van der Waals surface area contributed by atoms with Gasteiger partial charge in [-0.2, -0.15) is 0 Å². The van der Waals surface area contributed by atoms with Crippen molar-refractivity contribution < 1.29 is 8.81 Å². The summed E-state index contributed by atoms with van der Waals surface area (Å²) in [6, 6.07) is 9.99. The zero-order valence-electron chi connectivity index (χ0n) is 9.77. The van der Waals surface area contributed by atoms with E-state index in [2.05, 4.69) is 10.3 Å². The fourth-order valence-corrected chi connectivity index (χ4v) is 1.86. The standard InChI is InChI=1S/C14H11FN2O/c1-16-11-4-5-17-12(8-11)14-7-9-6-10(15)2-3-13(9)18-14/h2-8H,1H3,(H,16,17). The number of nitrogens with zero attached hydrogens (tertiary/aromatic N) is 1. The summed E-state index contributed by atoms with van der Waals surface area (Å²) in [5, 5.41) is 3.78. The maximum Gasteiger partial charge on any atom is 0.153 e. The Balaban J connectivity index is 2.13. The first-order chi connectivity index (χ1) is 8.76. The van der Waals surface area contributed by atoms with Gasteiger partial charge in [0.15, 0.2) is 5.76 Å². The predicted molar refractivity (Wildman–Crippen MR) is 68.9 cm³/mol. The Labute approximate surface area is 103 Å². The summed E-state index contributed by atoms with van der Waals surface area (Å²) >= 11 is 0. The number of benzene rings is 1. The average molecular weight is 242 g/mol. The molecule has 0 saturated carbocycles. The molecule has 4 heteroatoms. The highest BCUT2D eigenvalue weighted by Gasteiger charge is 2.08. The Kier molecular flexibility index (Phi) is 2.48. The molecule has 0 radical (unpaired) electrons. The van der Waals surface area contributed by atoms with E-state index in [9.17, 15) is 4.39 Å². The van der Waals surface area contributed by atoms with Crippen LogP contribution in [0.4, 0.5) is 10.1 Å². The monoisotopic (exact) mass is 242 g/mol. The molecule has 2 heterocycles. The first-order valence-electron chi connectivity index (χ1n) is 5.59. The minimum atomic E-state index is -0.271. The van der Waals surface area contributed by atoms with Crippen LogP contribution in [0.3, 0.4) is 0 Å². The van der Waals surface area contributed by atoms with Gasteiger partial charge in [-0.1, -0.05) is 0 Å². The second kappa shape index (κ2) is 4.14. The molecule has 2 aromatic heterocycles. The molecule has 0 aliphatic rings. The Hall–Kier alpha value is -2.36. The molecule has 0 spiro atoms. The van der Waals surface area contributed by atoms with E-state index in [1.165, 1.54) is 12.1 Å². The van der Waals surface area contributed by atoms with Crippen molar-refractivity contribution in [1.82, 2.24) is 4.98 Å². The number of hydrogen-bond donors (Lipinski definition) is 1. The average Bonchev–Trinajstić information content (AvgIpc) is 2.81. The molecule has 3 aromatic rings. The minimum absolute atomic E-state index is 0.271. The molecule has 0 atom stereocenters. The van der Waals surface area contributed by atoms with Crippen molar-refractivity contribution in [3.8, 4) is 11.5 Å². The number of aromatic nitrogens is 1. The van der Waals surface area contributed by atoms with E-state index in [4.69, 9.17) is 4.42 Å². The van der Waals surface area contributed by atoms with Crippen LogP contribution in [0.15, 0.2) is 47.0 Å². The normalized spacial score (nSPS) is 10.8. The van der Waals surface area contributed by atoms with E-state index in [1.807, 2.05) is 19.2 Å². The van der Waals surface area contributed by atoms with Gasteiger partial charge in [0.25, 0.3) is 0 Å². The maximum atomic E-state index is 13.1. The smallest absolute Gasteiger partial charge is 0.153 e. The van der Waals surface area contributed by atoms with Gasteiger partial charge in [-0.3, -0.25) is 4.98 Å². The molecule has 0 amide bonds. The third-order valence-electron chi connectivity index (χ3n) is 2.78. The molecular weight excluding hydrogens is 231 g/mol. The van der Waals surface area contributed by atoms with Crippen molar-refractivity contribution in [3.63, 3.8) is 0 Å². The van der Waals surface area contributed by atoms with Crippen molar-refractivity contribution in [1.29, 1.82) is 0 Å². The summed E-state index contributed by atoms with van der Waals surface area (Å²) < 4.78 is 18.8. The van der Waals surface area contributed by atoms with E-state index in [0.29, 0.717) is 11.3 Å². The third-order valence-corrected chi connectivity index (χ3v) is 2.78. The zero-order chi connectivity index (χ0) is 12.5. The number of hydrogen-bond acceptors (Lipinski definition) is 3. The molecule has 0 unspecified atom stereocenters. The molecule has 1 aromatic carbocycles. The highest BCUT2D eigenvalue weighted by molar-refractivity contribution is 5.82. The maximum absolute atomic E-state index is 13.1. The molecule has 18 heavy (non-hydrogen) atoms. The molecule has 0 aliphatic heterocycles. The van der Waals surface area contributed by atoms with Crippen molar-refractivity contribution >= 4 is 16.7 Å². The van der Waals surface area contributed by atoms with Gasteiger partial charge in [0.05, 0.1) is 0 Å². The number of nitrogens with one attached hydrogen (secondary N) is 1. The van der Waals surface area contributed by atoms with Crippen molar-refractivity contribution in [3.05, 3.63) is 48.4 Å². The second-order valence-electron chi connectivity index (χ2n) is 3.97. The van der Waals surface area contributed by atoms with Crippen LogP contribution in [0.2, 0.25) is 0 Å². The van der Waals surface area contributed by atoms with Gasteiger partial charge >= 0.3 is 0 Å². The predicted octanol–water partition coefficient (Wildman–Crippen LogP) is 3.68. The molecule has 1 N–H and O–H groups in total. The quantitative estimate of drug-likeness (QED) is 0.745. The van der Waals surface area contributed by atoms with Gasteiger partial charge in [-0.25, -0.2) is 4.39 Å². The highest BCUT2D eigenvalue weighted by Crippen LogP contribution is 2.28. The zero-order valence-corrected chi connectivity index (χ0v) is 9.77. The number of pyridine rings is 1. The fraction of sp³-hybridized carbons (Fsp3) is 0.0714. The lowest BCUT2D eigenvalue weighted by Gasteiger charge is -2.00. The summed E-state index contributed by atoms with van der Waals surface area (Å²) in [6.45, 7) is 0. The van der Waals surface area contributed by atoms with Crippen molar-refractivity contribution in [2.45, 2.75) is 0 Å². The SMILES string of the molecule is CNc1ccnc(-c2cc3cc(F)ccc3o2)c1. The van der Waals surface area contributed by atoms with E-state index < -0.39 is 0 Å². The Bertz CT molecular complexity index is 706. The van der Waals surface area contributed by atoms with Gasteiger partial charge in [0.2, 0.25) is 0 Å². The highest BCUT2D eigenvalue weighted by atomic mass is 19.1. The number of rotatable bonds is 2. The lowest BCUT2D eigenvalue weighted by molar-refractivity contribution is 0.618. The van der Waals surface area contributed by atoms with Crippen LogP contribution in [0.1, 0.15) is 0 Å². The van der Waals surface area contributed by atoms with E-state index >= 15 is 0 Å². The largest absolute Gasteiger partial charge is 0.454 e. The van der Waals surface area contributed by atoms with E-state index in [-0.39, 0.29) is 5.82 Å². The van der Waals surface area contributed by atoms with Gasteiger partial charge in [0, 0.05) is 24.3 Å². The molecule has 0 saturated heterocycles. The van der Waals surface area contributed by atoms with Crippen LogP contribution < -0.4 is 5.32 Å². The summed E-state index contributed by atoms with van der Waals surface area (Å²) in [4.78, 5) is 4.25. The number of halogens is 1. The molecule has 0 fully saturated rings. The van der Waals surface area contributed by atoms with Crippen LogP contribution in [0.25, 0.3) is 22.4 Å². The lowest BCUT2D eigenvalue weighted by Crippen LogP contribution is -1.89. The first-order valence-corrected chi connectivity index (χ1v) is 5.59. The Morgan fingerprint density at radius 2 is 2.06 bits per heavy atom. The van der Waals surface area contributed by atoms with E-state index in [0.717, 1.165) is 16.8 Å². The second-order valence-corrected chi connectivity index (χ2v) is 3.97. The van der Waals surface area contributed by atoms with Crippen LogP contribution in [0.5, 0.6) is 0 Å². The fourth-order valence-electron chi connectivity index (χ4n) is 1.86. The van der Waals surface area contributed by atoms with Gasteiger partial charge < -0.3 is 9.73 Å². The van der Waals surface area contributed by atoms with Gasteiger partial charge in [-0.05, 0) is 36.4 Å². The third kappa shape index (κ3) is 1.82. The molecule has 3 rings (SSSR count). The Morgan fingerprint density at radius 3 is 2.89 bits per heavy atom. The Morgan fingerprint density at radius 1 is 1.17 bits per heavy atom. The summed E-state index contributed by atoms with van der Waals surface area (Å²) in [5.41, 5.74) is 2.33. The van der Waals surface area contributed by atoms with Crippen LogP contribution in [-0.2, 0) is 0 Å².